The van der Waals surface area contributed by atoms with Crippen LogP contribution in [0.3, 0.4) is 0 Å². The van der Waals surface area contributed by atoms with Gasteiger partial charge in [-0.25, -0.2) is 19.2 Å². The van der Waals surface area contributed by atoms with Crippen LogP contribution in [0.1, 0.15) is 73.4 Å². The van der Waals surface area contributed by atoms with E-state index in [-0.39, 0.29) is 17.3 Å². The van der Waals surface area contributed by atoms with Gasteiger partial charge in [-0.1, -0.05) is 18.2 Å². The van der Waals surface area contributed by atoms with Gasteiger partial charge in [0.2, 0.25) is 0 Å². The molecule has 1 fully saturated rings. The zero-order chi connectivity index (χ0) is 31.0. The maximum atomic E-state index is 14.9. The highest BCUT2D eigenvalue weighted by Crippen LogP contribution is 2.49. The molecule has 2 aliphatic rings. The molecule has 0 spiro atoms. The summed E-state index contributed by atoms with van der Waals surface area (Å²) >= 11 is 0. The second-order valence-corrected chi connectivity index (χ2v) is 11.8. The lowest BCUT2D eigenvalue weighted by atomic mass is 9.88. The van der Waals surface area contributed by atoms with Crippen molar-refractivity contribution in [3.8, 4) is 11.5 Å². The average Bonchev–Trinajstić information content (AvgIpc) is 3.70. The predicted molar refractivity (Wildman–Crippen MR) is 164 cm³/mol. The Morgan fingerprint density at radius 2 is 1.95 bits per heavy atom. The number of benzene rings is 2. The van der Waals surface area contributed by atoms with Crippen LogP contribution in [0.25, 0.3) is 6.08 Å². The number of para-hydroxylation sites is 1. The molecule has 0 unspecified atom stereocenters. The number of aliphatic carboxylic acids is 1. The Morgan fingerprint density at radius 1 is 1.16 bits per heavy atom. The van der Waals surface area contributed by atoms with E-state index in [0.717, 1.165) is 60.8 Å². The first-order chi connectivity index (χ1) is 21.1. The predicted octanol–water partition coefficient (Wildman–Crippen LogP) is 6.11. The average molecular weight is 600 g/mol. The number of aromatic nitrogens is 4. The maximum Gasteiger partial charge on any atom is 0.331 e. The first-order valence-corrected chi connectivity index (χ1v) is 15.1. The maximum absolute atomic E-state index is 14.9. The third-order valence-corrected chi connectivity index (χ3v) is 8.75. The standard InChI is InChI=1S/C34H38FN5O4/c1-5-39-21-36-17-26(39)19-40-25(16-23(3)33(41)42)18-37-31(40)20-38-13-11-24(12-14-38)27-7-6-8-30-32(27)44-34(4,43-30)28-10-9-22(2)15-29(28)35/h6-10,15-18,21,24H,5,11-14,19-20H2,1-4H3,(H,41,42)/b23-16+/t34-/m0/s1. The number of piperidine rings is 1. The molecule has 0 aliphatic carbocycles. The van der Waals surface area contributed by atoms with Crippen molar-refractivity contribution in [2.45, 2.75) is 71.9 Å². The normalized spacial score (nSPS) is 19.1. The van der Waals surface area contributed by atoms with Crippen molar-refractivity contribution in [2.24, 2.45) is 0 Å². The van der Waals surface area contributed by atoms with Gasteiger partial charge in [0.1, 0.15) is 11.6 Å². The molecule has 2 aromatic heterocycles. The summed E-state index contributed by atoms with van der Waals surface area (Å²) in [5.74, 6) is -0.0441. The molecule has 230 valence electrons. The SMILES string of the molecule is CCn1cncc1Cn1c(/C=C(\C)C(=O)O)cnc1CN1CCC(c2cccc3c2O[C@@](C)(c2ccc(C)cc2F)O3)CC1. The van der Waals surface area contributed by atoms with Crippen molar-refractivity contribution in [3.05, 3.63) is 100 Å². The van der Waals surface area contributed by atoms with E-state index in [0.29, 0.717) is 30.2 Å². The van der Waals surface area contributed by atoms with Crippen LogP contribution in [0.5, 0.6) is 11.5 Å². The molecule has 9 nitrogen and oxygen atoms in total. The molecule has 44 heavy (non-hydrogen) atoms. The molecule has 6 rings (SSSR count). The number of carbonyl (C=O) groups is 1. The lowest BCUT2D eigenvalue weighted by molar-refractivity contribution is -0.132. The number of halogens is 1. The summed E-state index contributed by atoms with van der Waals surface area (Å²) in [6.45, 7) is 11.0. The topological polar surface area (TPSA) is 94.6 Å². The monoisotopic (exact) mass is 599 g/mol. The van der Waals surface area contributed by atoms with Crippen LogP contribution in [0.2, 0.25) is 0 Å². The van der Waals surface area contributed by atoms with Crippen molar-refractivity contribution in [3.63, 3.8) is 0 Å². The molecule has 4 aromatic rings. The molecule has 2 aromatic carbocycles. The van der Waals surface area contributed by atoms with Gasteiger partial charge < -0.3 is 23.7 Å². The lowest BCUT2D eigenvalue weighted by Crippen LogP contribution is -2.34. The molecule has 2 aliphatic heterocycles. The number of hydrogen-bond acceptors (Lipinski definition) is 6. The van der Waals surface area contributed by atoms with E-state index in [1.807, 2.05) is 37.6 Å². The Balaban J connectivity index is 1.18. The van der Waals surface area contributed by atoms with Gasteiger partial charge in [-0.05, 0) is 82.5 Å². The number of carboxylic acid groups (broad SMARTS) is 1. The van der Waals surface area contributed by atoms with Crippen molar-refractivity contribution in [1.82, 2.24) is 24.0 Å². The van der Waals surface area contributed by atoms with E-state index in [9.17, 15) is 14.3 Å². The molecule has 0 bridgehead atoms. The van der Waals surface area contributed by atoms with Crippen LogP contribution < -0.4 is 9.47 Å². The third-order valence-electron chi connectivity index (χ3n) is 8.75. The van der Waals surface area contributed by atoms with Gasteiger partial charge in [0, 0.05) is 30.8 Å². The molecule has 1 atom stereocenters. The number of fused-ring (bicyclic) bond motifs is 1. The quantitative estimate of drug-likeness (QED) is 0.232. The molecule has 10 heteroatoms. The van der Waals surface area contributed by atoms with Crippen molar-refractivity contribution < 1.29 is 23.8 Å². The Bertz CT molecular complexity index is 1720. The zero-order valence-corrected chi connectivity index (χ0v) is 25.6. The first kappa shape index (κ1) is 29.6. The van der Waals surface area contributed by atoms with Gasteiger partial charge in [-0.15, -0.1) is 0 Å². The van der Waals surface area contributed by atoms with Gasteiger partial charge in [0.05, 0.1) is 42.6 Å². The number of rotatable bonds is 9. The van der Waals surface area contributed by atoms with Crippen LogP contribution >= 0.6 is 0 Å². The fourth-order valence-corrected chi connectivity index (χ4v) is 6.23. The van der Waals surface area contributed by atoms with Crippen LogP contribution in [-0.2, 0) is 30.2 Å². The number of imidazole rings is 2. The summed E-state index contributed by atoms with van der Waals surface area (Å²) in [4.78, 5) is 23.0. The molecule has 1 saturated heterocycles. The van der Waals surface area contributed by atoms with Crippen LogP contribution in [0.15, 0.2) is 60.7 Å². The minimum absolute atomic E-state index is 0.255. The van der Waals surface area contributed by atoms with Gasteiger partial charge >= 0.3 is 5.97 Å². The third kappa shape index (κ3) is 5.74. The number of aryl methyl sites for hydroxylation is 2. The van der Waals surface area contributed by atoms with Crippen LogP contribution in [0.4, 0.5) is 4.39 Å². The molecular formula is C34H38FN5O4. The van der Waals surface area contributed by atoms with E-state index in [4.69, 9.17) is 14.5 Å². The first-order valence-electron chi connectivity index (χ1n) is 15.1. The van der Waals surface area contributed by atoms with Crippen molar-refractivity contribution >= 4 is 12.0 Å². The highest BCUT2D eigenvalue weighted by molar-refractivity contribution is 5.91. The van der Waals surface area contributed by atoms with Crippen LogP contribution in [-0.4, -0.2) is 48.2 Å². The second kappa shape index (κ2) is 11.9. The fourth-order valence-electron chi connectivity index (χ4n) is 6.23. The number of ether oxygens (including phenoxy) is 2. The minimum Gasteiger partial charge on any atom is -0.478 e. The van der Waals surface area contributed by atoms with Gasteiger partial charge in [-0.2, -0.15) is 0 Å². The summed E-state index contributed by atoms with van der Waals surface area (Å²) < 4.78 is 31.7. The summed E-state index contributed by atoms with van der Waals surface area (Å²) in [5, 5.41) is 9.47. The molecule has 1 N–H and O–H groups in total. The van der Waals surface area contributed by atoms with Crippen molar-refractivity contribution in [2.75, 3.05) is 13.1 Å². The number of likely N-dealkylation sites (tertiary alicyclic amines) is 1. The fraction of sp³-hybridized carbons (Fsp3) is 0.382. The Morgan fingerprint density at radius 3 is 2.68 bits per heavy atom. The largest absolute Gasteiger partial charge is 0.478 e. The van der Waals surface area contributed by atoms with E-state index in [2.05, 4.69) is 32.0 Å². The smallest absolute Gasteiger partial charge is 0.331 e. The highest BCUT2D eigenvalue weighted by Gasteiger charge is 2.42. The van der Waals surface area contributed by atoms with E-state index < -0.39 is 11.8 Å². The molecule has 4 heterocycles. The lowest BCUT2D eigenvalue weighted by Gasteiger charge is -2.32. The molecule has 0 saturated carbocycles. The van der Waals surface area contributed by atoms with Gasteiger partial charge in [0.25, 0.3) is 5.79 Å². The second-order valence-electron chi connectivity index (χ2n) is 11.8. The van der Waals surface area contributed by atoms with E-state index in [1.54, 1.807) is 32.2 Å². The Kier molecular flexibility index (Phi) is 8.02. The van der Waals surface area contributed by atoms with Crippen LogP contribution in [0, 0.1) is 12.7 Å². The van der Waals surface area contributed by atoms with Gasteiger partial charge in [-0.3, -0.25) is 4.90 Å². The Labute approximate surface area is 256 Å². The number of hydrogen-bond donors (Lipinski definition) is 1. The Hall–Kier alpha value is -4.44. The summed E-state index contributed by atoms with van der Waals surface area (Å²) in [6.07, 6.45) is 8.92. The molecular weight excluding hydrogens is 561 g/mol. The zero-order valence-electron chi connectivity index (χ0n) is 25.6. The molecule has 0 amide bonds. The van der Waals surface area contributed by atoms with Gasteiger partial charge in [0.15, 0.2) is 11.5 Å². The number of nitrogens with zero attached hydrogens (tertiary/aromatic N) is 5. The van der Waals surface area contributed by atoms with E-state index >= 15 is 0 Å². The summed E-state index contributed by atoms with van der Waals surface area (Å²) in [7, 11) is 0. The number of carboxylic acids is 1. The molecule has 0 radical (unpaired) electrons. The highest BCUT2D eigenvalue weighted by atomic mass is 19.1. The summed E-state index contributed by atoms with van der Waals surface area (Å²) in [6, 6.07) is 11.1. The minimum atomic E-state index is -1.23. The van der Waals surface area contributed by atoms with Crippen molar-refractivity contribution in [1.29, 1.82) is 0 Å². The summed E-state index contributed by atoms with van der Waals surface area (Å²) in [5.41, 5.74) is 4.35. The van der Waals surface area contributed by atoms with E-state index in [1.165, 1.54) is 6.07 Å².